The normalized spacial score (nSPS) is 14.3. The lowest BCUT2D eigenvalue weighted by Crippen LogP contribution is -2.46. The molecular formula is C25H25ClN6O5S2. The summed E-state index contributed by atoms with van der Waals surface area (Å²) in [4.78, 5) is 12.1. The molecule has 2 aromatic carbocycles. The summed E-state index contributed by atoms with van der Waals surface area (Å²) in [5.41, 5.74) is 1.87. The molecular weight excluding hydrogens is 564 g/mol. The number of rotatable bonds is 10. The maximum atomic E-state index is 13.9. The van der Waals surface area contributed by atoms with Crippen LogP contribution >= 0.6 is 22.9 Å². The van der Waals surface area contributed by atoms with E-state index in [0.29, 0.717) is 39.4 Å². The number of aromatic amines is 1. The van der Waals surface area contributed by atoms with Crippen LogP contribution in [0.2, 0.25) is 5.02 Å². The van der Waals surface area contributed by atoms with Gasteiger partial charge in [-0.3, -0.25) is 4.31 Å². The Labute approximate surface area is 233 Å². The number of carboxylic acid groups (broad SMARTS) is 1. The van der Waals surface area contributed by atoms with Crippen LogP contribution in [-0.4, -0.2) is 65.9 Å². The molecule has 0 saturated carbocycles. The molecule has 0 amide bonds. The fourth-order valence-corrected chi connectivity index (χ4v) is 7.87. The van der Waals surface area contributed by atoms with Crippen LogP contribution in [0.4, 0.5) is 5.69 Å². The van der Waals surface area contributed by atoms with Gasteiger partial charge in [-0.25, -0.2) is 13.2 Å². The van der Waals surface area contributed by atoms with Crippen molar-refractivity contribution < 1.29 is 23.1 Å². The Morgan fingerprint density at radius 1 is 1.13 bits per heavy atom. The quantitative estimate of drug-likeness (QED) is 0.251. The highest BCUT2D eigenvalue weighted by Gasteiger charge is 2.32. The highest BCUT2D eigenvalue weighted by Crippen LogP contribution is 2.49. The number of benzene rings is 2. The largest absolute Gasteiger partial charge is 0.479 e. The van der Waals surface area contributed by atoms with Gasteiger partial charge in [-0.05, 0) is 54.4 Å². The topological polar surface area (TPSA) is 150 Å². The van der Waals surface area contributed by atoms with E-state index in [0.717, 1.165) is 13.1 Å². The Kier molecular flexibility index (Phi) is 8.12. The van der Waals surface area contributed by atoms with E-state index in [-0.39, 0.29) is 28.4 Å². The summed E-state index contributed by atoms with van der Waals surface area (Å²) in [5, 5.41) is 26.5. The molecule has 0 radical (unpaired) electrons. The van der Waals surface area contributed by atoms with E-state index in [4.69, 9.17) is 21.4 Å². The van der Waals surface area contributed by atoms with Crippen LogP contribution in [0.3, 0.4) is 0 Å². The van der Waals surface area contributed by atoms with Crippen LogP contribution in [0.1, 0.15) is 18.4 Å². The molecule has 1 saturated heterocycles. The van der Waals surface area contributed by atoms with Gasteiger partial charge in [0.05, 0.1) is 16.3 Å². The summed E-state index contributed by atoms with van der Waals surface area (Å²) in [6.45, 7) is 0.829. The average molecular weight is 589 g/mol. The zero-order valence-corrected chi connectivity index (χ0v) is 23.0. The number of piperidine rings is 1. The van der Waals surface area contributed by atoms with E-state index in [1.54, 1.807) is 30.3 Å². The molecule has 14 heteroatoms. The Bertz CT molecular complexity index is 1540. The molecule has 0 aliphatic carbocycles. The number of halogens is 1. The zero-order valence-electron chi connectivity index (χ0n) is 20.6. The average Bonchev–Trinajstić information content (AvgIpc) is 3.56. The molecule has 11 nitrogen and oxygen atoms in total. The van der Waals surface area contributed by atoms with Gasteiger partial charge in [-0.2, -0.15) is 5.21 Å². The smallest absolute Gasteiger partial charge is 0.341 e. The van der Waals surface area contributed by atoms with Crippen molar-refractivity contribution in [1.29, 1.82) is 0 Å². The van der Waals surface area contributed by atoms with Crippen molar-refractivity contribution in [1.82, 2.24) is 25.9 Å². The Balaban J connectivity index is 1.56. The monoisotopic (exact) mass is 588 g/mol. The number of hydrogen-bond donors (Lipinski definition) is 3. The van der Waals surface area contributed by atoms with Gasteiger partial charge < -0.3 is 15.2 Å². The van der Waals surface area contributed by atoms with Crippen molar-refractivity contribution >= 4 is 44.6 Å². The van der Waals surface area contributed by atoms with Crippen molar-refractivity contribution in [3.63, 3.8) is 0 Å². The number of hydrogen-bond acceptors (Lipinski definition) is 9. The Hall–Kier alpha value is -3.52. The van der Waals surface area contributed by atoms with E-state index in [1.807, 2.05) is 24.3 Å². The molecule has 39 heavy (non-hydrogen) atoms. The lowest BCUT2D eigenvalue weighted by atomic mass is 10.1. The van der Waals surface area contributed by atoms with Crippen molar-refractivity contribution in [3.8, 4) is 26.9 Å². The minimum Gasteiger partial charge on any atom is -0.479 e. The summed E-state index contributed by atoms with van der Waals surface area (Å²) in [5.74, 6) is -0.970. The number of carboxylic acids is 1. The summed E-state index contributed by atoms with van der Waals surface area (Å²) in [6, 6.07) is 16.0. The molecule has 0 atom stereocenters. The minimum absolute atomic E-state index is 0.123. The van der Waals surface area contributed by atoms with Crippen molar-refractivity contribution in [2.75, 3.05) is 24.0 Å². The van der Waals surface area contributed by atoms with Crippen LogP contribution in [0.15, 0.2) is 54.6 Å². The second kappa shape index (κ2) is 11.7. The molecule has 1 fully saturated rings. The molecule has 3 N–H and O–H groups in total. The second-order valence-corrected chi connectivity index (χ2v) is 12.1. The summed E-state index contributed by atoms with van der Waals surface area (Å²) >= 11 is 7.91. The van der Waals surface area contributed by atoms with Crippen molar-refractivity contribution in [2.24, 2.45) is 0 Å². The van der Waals surface area contributed by atoms with E-state index >= 15 is 0 Å². The third-order valence-corrected chi connectivity index (χ3v) is 9.69. The van der Waals surface area contributed by atoms with Gasteiger partial charge in [-0.1, -0.05) is 54.1 Å². The van der Waals surface area contributed by atoms with Crippen LogP contribution in [0.25, 0.3) is 21.1 Å². The fraction of sp³-hybridized carbons (Fsp3) is 0.280. The van der Waals surface area contributed by atoms with Gasteiger partial charge in [0.25, 0.3) is 0 Å². The molecule has 0 bridgehead atoms. The highest BCUT2D eigenvalue weighted by atomic mass is 35.5. The number of sulfonamides is 1. The molecule has 3 heterocycles. The fourth-order valence-electron chi connectivity index (χ4n) is 4.53. The Morgan fingerprint density at radius 2 is 1.90 bits per heavy atom. The maximum absolute atomic E-state index is 13.9. The van der Waals surface area contributed by atoms with E-state index in [9.17, 15) is 13.2 Å². The molecule has 204 valence electrons. The minimum atomic E-state index is -3.74. The molecule has 0 unspecified atom stereocenters. The van der Waals surface area contributed by atoms with Crippen molar-refractivity contribution in [2.45, 2.75) is 24.6 Å². The number of tetrazole rings is 1. The number of aromatic nitrogens is 4. The number of thiophene rings is 1. The number of anilines is 1. The van der Waals surface area contributed by atoms with E-state index in [2.05, 4.69) is 25.9 Å². The lowest BCUT2D eigenvalue weighted by molar-refractivity contribution is -0.139. The molecule has 0 spiro atoms. The third kappa shape index (κ3) is 6.06. The third-order valence-electron chi connectivity index (χ3n) is 6.19. The molecule has 1 aliphatic heterocycles. The lowest BCUT2D eigenvalue weighted by Gasteiger charge is -2.35. The van der Waals surface area contributed by atoms with Crippen molar-refractivity contribution in [3.05, 3.63) is 65.2 Å². The van der Waals surface area contributed by atoms with Gasteiger partial charge in [0, 0.05) is 6.04 Å². The standard InChI is InChI=1S/C25H25ClN6O5S2/c26-21-22(37-14-20(33)34)24(25-28-30-31-29-25)38-23(21)17-7-4-8-19(13-17)32(18-9-11-27-12-10-18)39(35,36)15-16-5-2-1-3-6-16/h1-8,13,18,27H,9-12,14-15H2,(H,33,34)(H,28,29,30,31). The van der Waals surface area contributed by atoms with Gasteiger partial charge >= 0.3 is 5.97 Å². The first-order valence-corrected chi connectivity index (χ1v) is 14.9. The van der Waals surface area contributed by atoms with Gasteiger partial charge in [0.15, 0.2) is 12.4 Å². The molecule has 2 aromatic heterocycles. The summed E-state index contributed by atoms with van der Waals surface area (Å²) < 4.78 is 34.7. The number of H-pyrrole nitrogens is 1. The van der Waals surface area contributed by atoms with Gasteiger partial charge in [0.2, 0.25) is 15.8 Å². The first-order valence-electron chi connectivity index (χ1n) is 12.1. The van der Waals surface area contributed by atoms with Gasteiger partial charge in [-0.15, -0.1) is 21.5 Å². The van der Waals surface area contributed by atoms with Crippen LogP contribution in [0, 0.1) is 0 Å². The number of aliphatic carboxylic acids is 1. The predicted octanol–water partition coefficient (Wildman–Crippen LogP) is 3.80. The molecule has 4 aromatic rings. The van der Waals surface area contributed by atoms with Crippen LogP contribution < -0.4 is 14.4 Å². The molecule has 1 aliphatic rings. The first kappa shape index (κ1) is 27.1. The first-order chi connectivity index (χ1) is 18.8. The highest BCUT2D eigenvalue weighted by molar-refractivity contribution is 7.92. The SMILES string of the molecule is O=C(O)COc1c(-c2nn[nH]n2)sc(-c2cccc(N(C3CCNCC3)S(=O)(=O)Cc3ccccc3)c2)c1Cl. The van der Waals surface area contributed by atoms with Crippen LogP contribution in [-0.2, 0) is 20.6 Å². The number of nitrogens with zero attached hydrogens (tertiary/aromatic N) is 4. The second-order valence-electron chi connectivity index (χ2n) is 8.89. The van der Waals surface area contributed by atoms with Crippen LogP contribution in [0.5, 0.6) is 5.75 Å². The number of nitrogens with one attached hydrogen (secondary N) is 2. The number of carbonyl (C=O) groups is 1. The van der Waals surface area contributed by atoms with E-state index < -0.39 is 22.6 Å². The zero-order chi connectivity index (χ0) is 27.4. The Morgan fingerprint density at radius 3 is 2.59 bits per heavy atom. The summed E-state index contributed by atoms with van der Waals surface area (Å²) in [7, 11) is -3.74. The van der Waals surface area contributed by atoms with E-state index in [1.165, 1.54) is 15.6 Å². The van der Waals surface area contributed by atoms with Gasteiger partial charge in [0.1, 0.15) is 9.90 Å². The molecule has 5 rings (SSSR count). The number of ether oxygens (including phenoxy) is 1. The maximum Gasteiger partial charge on any atom is 0.341 e. The predicted molar refractivity (Wildman–Crippen MR) is 149 cm³/mol. The summed E-state index contributed by atoms with van der Waals surface area (Å²) in [6.07, 6.45) is 1.35.